The van der Waals surface area contributed by atoms with Gasteiger partial charge in [0.15, 0.2) is 5.78 Å². The summed E-state index contributed by atoms with van der Waals surface area (Å²) in [6.07, 6.45) is -0.134. The molecule has 0 bridgehead atoms. The van der Waals surface area contributed by atoms with Gasteiger partial charge >= 0.3 is 0 Å². The number of phenolic OH excluding ortho intramolecular Hbond substituents is 4. The minimum Gasteiger partial charge on any atom is -0.508 e. The molecule has 0 spiro atoms. The average molecular weight is 713 g/mol. The predicted octanol–water partition coefficient (Wildman–Crippen LogP) is 5.36. The molecule has 0 saturated carbocycles. The summed E-state index contributed by atoms with van der Waals surface area (Å²) < 4.78 is 10.9. The highest BCUT2D eigenvalue weighted by molar-refractivity contribution is 5.90. The van der Waals surface area contributed by atoms with Gasteiger partial charge in [-0.25, -0.2) is 0 Å². The van der Waals surface area contributed by atoms with Gasteiger partial charge in [0.25, 0.3) is 0 Å². The normalized spacial score (nSPS) is 18.7. The van der Waals surface area contributed by atoms with E-state index in [1.807, 2.05) is 9.80 Å². The van der Waals surface area contributed by atoms with Gasteiger partial charge in [-0.15, -0.1) is 0 Å². The highest BCUT2D eigenvalue weighted by atomic mass is 16.5. The van der Waals surface area contributed by atoms with E-state index in [2.05, 4.69) is 0 Å². The first kappa shape index (κ1) is 37.0. The van der Waals surface area contributed by atoms with Gasteiger partial charge in [0.05, 0.1) is 14.2 Å². The number of hydrogen-bond donors (Lipinski definition) is 6. The number of methoxy groups -OCH3 is 2. The van der Waals surface area contributed by atoms with Crippen LogP contribution in [0.4, 0.5) is 0 Å². The molecule has 4 aromatic carbocycles. The van der Waals surface area contributed by atoms with Crippen LogP contribution in [0, 0.1) is 0 Å². The van der Waals surface area contributed by atoms with Crippen LogP contribution in [0.1, 0.15) is 72.0 Å². The fourth-order valence-corrected chi connectivity index (χ4v) is 7.99. The van der Waals surface area contributed by atoms with E-state index in [0.717, 1.165) is 11.1 Å². The number of aliphatic hydroxyl groups is 2. The molecule has 0 aliphatic carbocycles. The van der Waals surface area contributed by atoms with Crippen LogP contribution in [0.15, 0.2) is 84.9 Å². The topological polar surface area (TPSA) is 163 Å². The number of benzene rings is 4. The standard InChI is InChI=1S/C41H48N2O9/c1-51-31-7-3-5-27(21-31)39(48)37(42-17-13-25(14-18-42)33-11-9-29(44)23-35(33)46)41(50)38(40(49)28-6-4-8-32(22-28)52-2)43-19-15-26(16-20-43)34-12-10-30(45)24-36(34)47/h3-12,21-26,37-40,44-49H,13-20H2,1-2H3/t37?,38?,39-,40-/m1/s1. The molecule has 2 aliphatic heterocycles. The first-order chi connectivity index (χ1) is 25.1. The lowest BCUT2D eigenvalue weighted by molar-refractivity contribution is -0.140. The molecule has 11 heteroatoms. The van der Waals surface area contributed by atoms with Crippen molar-refractivity contribution in [2.24, 2.45) is 0 Å². The molecule has 4 atom stereocenters. The van der Waals surface area contributed by atoms with Crippen molar-refractivity contribution in [3.63, 3.8) is 0 Å². The lowest BCUT2D eigenvalue weighted by Crippen LogP contribution is -2.58. The third-order valence-electron chi connectivity index (χ3n) is 10.8. The Balaban J connectivity index is 1.34. The Morgan fingerprint density at radius 2 is 0.981 bits per heavy atom. The van der Waals surface area contributed by atoms with Crippen molar-refractivity contribution in [3.05, 3.63) is 107 Å². The monoisotopic (exact) mass is 712 g/mol. The van der Waals surface area contributed by atoms with Crippen LogP contribution >= 0.6 is 0 Å². The van der Waals surface area contributed by atoms with Crippen molar-refractivity contribution in [1.82, 2.24) is 9.80 Å². The summed E-state index contributed by atoms with van der Waals surface area (Å²) in [5.74, 6) is 0.716. The van der Waals surface area contributed by atoms with Gasteiger partial charge in [-0.1, -0.05) is 36.4 Å². The van der Waals surface area contributed by atoms with E-state index in [1.165, 1.54) is 12.1 Å². The second kappa shape index (κ2) is 16.2. The highest BCUT2D eigenvalue weighted by Gasteiger charge is 2.45. The first-order valence-corrected chi connectivity index (χ1v) is 17.8. The second-order valence-corrected chi connectivity index (χ2v) is 13.8. The Morgan fingerprint density at radius 1 is 0.596 bits per heavy atom. The summed E-state index contributed by atoms with van der Waals surface area (Å²) in [5.41, 5.74) is 2.46. The summed E-state index contributed by atoms with van der Waals surface area (Å²) in [7, 11) is 3.08. The summed E-state index contributed by atoms with van der Waals surface area (Å²) in [6.45, 7) is 1.75. The quantitative estimate of drug-likeness (QED) is 0.112. The number of ether oxygens (including phenoxy) is 2. The fourth-order valence-electron chi connectivity index (χ4n) is 7.99. The lowest BCUT2D eigenvalue weighted by Gasteiger charge is -2.44. The lowest BCUT2D eigenvalue weighted by atomic mass is 9.83. The number of likely N-dealkylation sites (tertiary alicyclic amines) is 2. The highest BCUT2D eigenvalue weighted by Crippen LogP contribution is 2.41. The van der Waals surface area contributed by atoms with Crippen LogP contribution in [0.25, 0.3) is 0 Å². The largest absolute Gasteiger partial charge is 0.508 e. The number of aromatic hydroxyl groups is 4. The zero-order valence-electron chi connectivity index (χ0n) is 29.5. The van der Waals surface area contributed by atoms with E-state index in [4.69, 9.17) is 9.47 Å². The minimum absolute atomic E-state index is 0.0182. The van der Waals surface area contributed by atoms with Crippen LogP contribution in [0.2, 0.25) is 0 Å². The van der Waals surface area contributed by atoms with Gasteiger partial charge in [0.1, 0.15) is 58.8 Å². The third kappa shape index (κ3) is 7.98. The zero-order chi connectivity index (χ0) is 36.9. The molecule has 4 aromatic rings. The molecule has 11 nitrogen and oxygen atoms in total. The molecule has 2 heterocycles. The number of phenols is 4. The van der Waals surface area contributed by atoms with E-state index in [0.29, 0.717) is 74.5 Å². The smallest absolute Gasteiger partial charge is 0.173 e. The van der Waals surface area contributed by atoms with E-state index in [1.54, 1.807) is 87.0 Å². The second-order valence-electron chi connectivity index (χ2n) is 13.8. The number of Topliss-reactive ketones (excluding diaryl/α,β-unsaturated/α-hetero) is 1. The molecule has 6 rings (SSSR count). The Labute approximate surface area is 303 Å². The van der Waals surface area contributed by atoms with E-state index in [9.17, 15) is 30.6 Å². The van der Waals surface area contributed by atoms with Gasteiger partial charge in [-0.2, -0.15) is 0 Å². The van der Waals surface area contributed by atoms with Crippen molar-refractivity contribution < 1.29 is 44.9 Å². The van der Waals surface area contributed by atoms with Crippen molar-refractivity contribution in [3.8, 4) is 34.5 Å². The molecule has 0 aromatic heterocycles. The number of aliphatic hydroxyl groups excluding tert-OH is 2. The fraction of sp³-hybridized carbons (Fsp3) is 0.390. The van der Waals surface area contributed by atoms with Gasteiger partial charge in [0.2, 0.25) is 0 Å². The van der Waals surface area contributed by atoms with Crippen molar-refractivity contribution in [2.75, 3.05) is 40.4 Å². The van der Waals surface area contributed by atoms with Crippen molar-refractivity contribution in [2.45, 2.75) is 61.8 Å². The SMILES string of the molecule is COc1cccc([C@@H](O)C(C(=O)C([C@H](O)c2cccc(OC)c2)N2CCC(c3ccc(O)cc3O)CC2)N2CCC(c3ccc(O)cc3O)CC2)c1. The molecule has 0 radical (unpaired) electrons. The Morgan fingerprint density at radius 3 is 1.33 bits per heavy atom. The molecule has 6 N–H and O–H groups in total. The Bertz CT molecular complexity index is 1700. The number of nitrogens with zero attached hydrogens (tertiary/aromatic N) is 2. The average Bonchev–Trinajstić information content (AvgIpc) is 3.16. The van der Waals surface area contributed by atoms with Crippen molar-refractivity contribution in [1.29, 1.82) is 0 Å². The Kier molecular flexibility index (Phi) is 11.6. The maximum Gasteiger partial charge on any atom is 0.173 e. The molecule has 2 saturated heterocycles. The van der Waals surface area contributed by atoms with Crippen LogP contribution in [-0.2, 0) is 4.79 Å². The number of carbonyl (C=O) groups is 1. The molecule has 52 heavy (non-hydrogen) atoms. The molecular formula is C41H48N2O9. The molecule has 2 aliphatic rings. The van der Waals surface area contributed by atoms with Crippen molar-refractivity contribution >= 4 is 5.78 Å². The van der Waals surface area contributed by atoms with Crippen LogP contribution in [0.3, 0.4) is 0 Å². The van der Waals surface area contributed by atoms with Crippen LogP contribution in [-0.4, -0.2) is 98.7 Å². The summed E-state index contributed by atoms with van der Waals surface area (Å²) in [5, 5.41) is 65.2. The summed E-state index contributed by atoms with van der Waals surface area (Å²) in [6, 6.07) is 21.2. The van der Waals surface area contributed by atoms with Gasteiger partial charge < -0.3 is 40.1 Å². The molecule has 0 amide bonds. The van der Waals surface area contributed by atoms with Crippen LogP contribution < -0.4 is 9.47 Å². The predicted molar refractivity (Wildman–Crippen MR) is 195 cm³/mol. The summed E-state index contributed by atoms with van der Waals surface area (Å²) in [4.78, 5) is 19.2. The van der Waals surface area contributed by atoms with Gasteiger partial charge in [0, 0.05) is 12.1 Å². The first-order valence-electron chi connectivity index (χ1n) is 17.8. The number of piperidine rings is 2. The van der Waals surface area contributed by atoms with Gasteiger partial charge in [-0.05, 0) is 122 Å². The number of ketones is 1. The van der Waals surface area contributed by atoms with E-state index < -0.39 is 24.3 Å². The Hall–Kier alpha value is -4.81. The third-order valence-corrected chi connectivity index (χ3v) is 10.8. The number of rotatable bonds is 12. The molecule has 2 unspecified atom stereocenters. The molecule has 276 valence electrons. The van der Waals surface area contributed by atoms with E-state index in [-0.39, 0.29) is 40.6 Å². The molecule has 2 fully saturated rings. The number of hydrogen-bond acceptors (Lipinski definition) is 11. The zero-order valence-corrected chi connectivity index (χ0v) is 29.5. The molecular weight excluding hydrogens is 664 g/mol. The van der Waals surface area contributed by atoms with E-state index >= 15 is 4.79 Å². The maximum absolute atomic E-state index is 15.3. The van der Waals surface area contributed by atoms with Crippen LogP contribution in [0.5, 0.6) is 34.5 Å². The maximum atomic E-state index is 15.3. The van der Waals surface area contributed by atoms with Gasteiger partial charge in [-0.3, -0.25) is 14.6 Å². The minimum atomic E-state index is -1.26. The number of carbonyl (C=O) groups excluding carboxylic acids is 1. The summed E-state index contributed by atoms with van der Waals surface area (Å²) >= 11 is 0.